The highest BCUT2D eigenvalue weighted by molar-refractivity contribution is 5.78. The van der Waals surface area contributed by atoms with Crippen LogP contribution in [0.4, 0.5) is 4.79 Å². The van der Waals surface area contributed by atoms with Crippen LogP contribution in [0.1, 0.15) is 38.5 Å². The summed E-state index contributed by atoms with van der Waals surface area (Å²) in [5.74, 6) is -0.708. The van der Waals surface area contributed by atoms with Crippen molar-refractivity contribution in [1.29, 1.82) is 0 Å². The monoisotopic (exact) mass is 296 g/mol. The number of carboxylic acids is 1. The molecule has 0 aromatic rings. The van der Waals surface area contributed by atoms with Gasteiger partial charge in [-0.05, 0) is 50.4 Å². The lowest BCUT2D eigenvalue weighted by molar-refractivity contribution is -0.144. The van der Waals surface area contributed by atoms with Crippen molar-refractivity contribution < 1.29 is 19.8 Å². The number of hydrogen-bond donors (Lipinski definition) is 3. The maximum Gasteiger partial charge on any atom is 0.317 e. The first-order valence-corrected chi connectivity index (χ1v) is 8.02. The number of hydrogen-bond acceptors (Lipinski definition) is 3. The molecule has 3 fully saturated rings. The Morgan fingerprint density at radius 2 is 1.90 bits per heavy atom. The lowest BCUT2D eigenvalue weighted by Crippen LogP contribution is -2.55. The molecule has 6 nitrogen and oxygen atoms in total. The fraction of sp³-hybridized carbons (Fsp3) is 0.867. The van der Waals surface area contributed by atoms with E-state index in [1.807, 2.05) is 0 Å². The molecule has 0 aromatic carbocycles. The van der Waals surface area contributed by atoms with Crippen molar-refractivity contribution in [2.75, 3.05) is 13.2 Å². The molecule has 1 saturated heterocycles. The summed E-state index contributed by atoms with van der Waals surface area (Å²) in [6.07, 6.45) is 5.71. The van der Waals surface area contributed by atoms with Crippen LogP contribution in [0.5, 0.6) is 0 Å². The molecule has 3 rings (SSSR count). The van der Waals surface area contributed by atoms with Crippen molar-refractivity contribution in [3.63, 3.8) is 0 Å². The zero-order valence-corrected chi connectivity index (χ0v) is 12.2. The molecule has 0 spiro atoms. The summed E-state index contributed by atoms with van der Waals surface area (Å²) in [5.41, 5.74) is 0. The molecular formula is C15H24N2O4. The molecule has 5 unspecified atom stereocenters. The highest BCUT2D eigenvalue weighted by Gasteiger charge is 2.52. The van der Waals surface area contributed by atoms with E-state index in [-0.39, 0.29) is 30.6 Å². The SMILES string of the molecule is O=C(O)C1C2CCC(C2)C1NC(=O)N1CCCCC1CO. The number of fused-ring (bicyclic) bond motifs is 2. The zero-order chi connectivity index (χ0) is 15.0. The van der Waals surface area contributed by atoms with Gasteiger partial charge in [0.15, 0.2) is 0 Å². The minimum absolute atomic E-state index is 0.0213. The number of carbonyl (C=O) groups is 2. The maximum atomic E-state index is 12.5. The summed E-state index contributed by atoms with van der Waals surface area (Å²) in [7, 11) is 0. The van der Waals surface area contributed by atoms with Crippen molar-refractivity contribution in [1.82, 2.24) is 10.2 Å². The number of nitrogens with zero attached hydrogens (tertiary/aromatic N) is 1. The number of urea groups is 1. The zero-order valence-electron chi connectivity index (χ0n) is 12.2. The Morgan fingerprint density at radius 1 is 1.14 bits per heavy atom. The topological polar surface area (TPSA) is 89.9 Å². The number of carbonyl (C=O) groups excluding carboxylic acids is 1. The van der Waals surface area contributed by atoms with Crippen LogP contribution in [-0.4, -0.2) is 52.3 Å². The van der Waals surface area contributed by atoms with Gasteiger partial charge in [0.05, 0.1) is 18.6 Å². The van der Waals surface area contributed by atoms with E-state index in [2.05, 4.69) is 5.32 Å². The molecule has 0 aromatic heterocycles. The van der Waals surface area contributed by atoms with Gasteiger partial charge in [-0.1, -0.05) is 0 Å². The van der Waals surface area contributed by atoms with E-state index in [0.29, 0.717) is 12.5 Å². The Bertz CT molecular complexity index is 428. The first-order chi connectivity index (χ1) is 10.1. The van der Waals surface area contributed by atoms with E-state index in [9.17, 15) is 19.8 Å². The summed E-state index contributed by atoms with van der Waals surface area (Å²) >= 11 is 0. The molecule has 1 heterocycles. The molecule has 2 bridgehead atoms. The number of nitrogens with one attached hydrogen (secondary N) is 1. The third-order valence-electron chi connectivity index (χ3n) is 5.59. The third-order valence-corrected chi connectivity index (χ3v) is 5.59. The number of aliphatic carboxylic acids is 1. The van der Waals surface area contributed by atoms with E-state index < -0.39 is 11.9 Å². The largest absolute Gasteiger partial charge is 0.481 e. The van der Waals surface area contributed by atoms with Gasteiger partial charge in [-0.25, -0.2) is 4.79 Å². The lowest BCUT2D eigenvalue weighted by atomic mass is 9.84. The Labute approximate surface area is 124 Å². The quantitative estimate of drug-likeness (QED) is 0.726. The maximum absolute atomic E-state index is 12.5. The van der Waals surface area contributed by atoms with E-state index in [4.69, 9.17) is 0 Å². The van der Waals surface area contributed by atoms with Crippen LogP contribution < -0.4 is 5.32 Å². The molecular weight excluding hydrogens is 272 g/mol. The number of piperidine rings is 1. The molecule has 5 atom stereocenters. The Kier molecular flexibility index (Phi) is 4.06. The molecule has 2 amide bonds. The fourth-order valence-electron chi connectivity index (χ4n) is 4.54. The van der Waals surface area contributed by atoms with Crippen LogP contribution in [0, 0.1) is 17.8 Å². The molecule has 21 heavy (non-hydrogen) atoms. The van der Waals surface area contributed by atoms with Gasteiger partial charge >= 0.3 is 12.0 Å². The summed E-state index contributed by atoms with van der Waals surface area (Å²) in [6, 6.07) is -0.562. The van der Waals surface area contributed by atoms with Gasteiger partial charge in [-0.15, -0.1) is 0 Å². The molecule has 2 saturated carbocycles. The van der Waals surface area contributed by atoms with E-state index in [1.165, 1.54) is 0 Å². The summed E-state index contributed by atoms with van der Waals surface area (Å²) in [5, 5.41) is 21.8. The first-order valence-electron chi connectivity index (χ1n) is 8.02. The second-order valence-electron chi connectivity index (χ2n) is 6.70. The van der Waals surface area contributed by atoms with Gasteiger partial charge < -0.3 is 20.4 Å². The van der Waals surface area contributed by atoms with Crippen LogP contribution in [0.2, 0.25) is 0 Å². The predicted octanol–water partition coefficient (Wildman–Crippen LogP) is 1.04. The average molecular weight is 296 g/mol. The van der Waals surface area contributed by atoms with Crippen LogP contribution in [0.3, 0.4) is 0 Å². The van der Waals surface area contributed by atoms with Gasteiger partial charge in [0.25, 0.3) is 0 Å². The molecule has 1 aliphatic heterocycles. The van der Waals surface area contributed by atoms with Crippen LogP contribution in [0.25, 0.3) is 0 Å². The minimum atomic E-state index is -0.787. The second-order valence-corrected chi connectivity index (χ2v) is 6.70. The van der Waals surface area contributed by atoms with Crippen LogP contribution in [-0.2, 0) is 4.79 Å². The Balaban J connectivity index is 1.67. The smallest absolute Gasteiger partial charge is 0.317 e. The molecule has 2 aliphatic carbocycles. The molecule has 3 N–H and O–H groups in total. The highest BCUT2D eigenvalue weighted by Crippen LogP contribution is 2.48. The summed E-state index contributed by atoms with van der Waals surface area (Å²) in [6.45, 7) is 0.627. The number of carboxylic acid groups (broad SMARTS) is 1. The third kappa shape index (κ3) is 2.61. The predicted molar refractivity (Wildman–Crippen MR) is 75.7 cm³/mol. The van der Waals surface area contributed by atoms with Gasteiger partial charge in [-0.2, -0.15) is 0 Å². The molecule has 0 radical (unpaired) electrons. The van der Waals surface area contributed by atoms with Gasteiger partial charge in [0, 0.05) is 12.6 Å². The van der Waals surface area contributed by atoms with Crippen LogP contribution >= 0.6 is 0 Å². The lowest BCUT2D eigenvalue weighted by Gasteiger charge is -2.37. The summed E-state index contributed by atoms with van der Waals surface area (Å²) < 4.78 is 0. The number of aliphatic hydroxyl groups is 1. The molecule has 3 aliphatic rings. The number of likely N-dealkylation sites (tertiary alicyclic amines) is 1. The molecule has 6 heteroatoms. The van der Waals surface area contributed by atoms with E-state index in [0.717, 1.165) is 38.5 Å². The van der Waals surface area contributed by atoms with E-state index in [1.54, 1.807) is 4.90 Å². The van der Waals surface area contributed by atoms with Gasteiger partial charge in [0.1, 0.15) is 0 Å². The van der Waals surface area contributed by atoms with Crippen molar-refractivity contribution in [3.05, 3.63) is 0 Å². The summed E-state index contributed by atoms with van der Waals surface area (Å²) in [4.78, 5) is 25.6. The van der Waals surface area contributed by atoms with E-state index >= 15 is 0 Å². The number of amides is 2. The Hall–Kier alpha value is -1.30. The average Bonchev–Trinajstić information content (AvgIpc) is 3.08. The number of rotatable bonds is 3. The second kappa shape index (κ2) is 5.83. The van der Waals surface area contributed by atoms with Crippen molar-refractivity contribution in [3.8, 4) is 0 Å². The first kappa shape index (κ1) is 14.6. The van der Waals surface area contributed by atoms with Crippen molar-refractivity contribution >= 4 is 12.0 Å². The highest BCUT2D eigenvalue weighted by atomic mass is 16.4. The van der Waals surface area contributed by atoms with Gasteiger partial charge in [-0.3, -0.25) is 4.79 Å². The van der Waals surface area contributed by atoms with Crippen LogP contribution in [0.15, 0.2) is 0 Å². The Morgan fingerprint density at radius 3 is 2.62 bits per heavy atom. The normalized spacial score (nSPS) is 38.5. The van der Waals surface area contributed by atoms with Crippen molar-refractivity contribution in [2.45, 2.75) is 50.6 Å². The standard InChI is InChI=1S/C15H24N2O4/c18-8-11-3-1-2-6-17(11)15(21)16-13-10-5-4-9(7-10)12(13)14(19)20/h9-13,18H,1-8H2,(H,16,21)(H,19,20). The molecule has 118 valence electrons. The van der Waals surface area contributed by atoms with Gasteiger partial charge in [0.2, 0.25) is 0 Å². The fourth-order valence-corrected chi connectivity index (χ4v) is 4.54. The van der Waals surface area contributed by atoms with Crippen molar-refractivity contribution in [2.24, 2.45) is 17.8 Å². The number of aliphatic hydroxyl groups excluding tert-OH is 1. The minimum Gasteiger partial charge on any atom is -0.481 e.